The topological polar surface area (TPSA) is 101 Å². The molecule has 1 aromatic heterocycles. The highest BCUT2D eigenvalue weighted by Gasteiger charge is 2.39. The number of anilines is 1. The molecule has 7 heteroatoms. The largest absolute Gasteiger partial charge is 0.376 e. The van der Waals surface area contributed by atoms with Gasteiger partial charge in [-0.05, 0) is 26.3 Å². The second kappa shape index (κ2) is 4.82. The van der Waals surface area contributed by atoms with Crippen molar-refractivity contribution in [1.29, 1.82) is 5.26 Å². The smallest absolute Gasteiger partial charge is 0.328 e. The Morgan fingerprint density at radius 3 is 3.00 bits per heavy atom. The van der Waals surface area contributed by atoms with Crippen molar-refractivity contribution in [3.63, 3.8) is 0 Å². The molecule has 100 valence electrons. The molecule has 1 aromatic rings. The summed E-state index contributed by atoms with van der Waals surface area (Å²) in [7, 11) is 0. The van der Waals surface area contributed by atoms with Gasteiger partial charge in [-0.15, -0.1) is 0 Å². The van der Waals surface area contributed by atoms with Crippen LogP contribution in [0.25, 0.3) is 0 Å². The number of nitriles is 1. The molecular weight excluding hydrogens is 248 g/mol. The van der Waals surface area contributed by atoms with Crippen LogP contribution in [0.15, 0.2) is 12.3 Å². The molecule has 0 saturated carbocycles. The number of pyridine rings is 1. The van der Waals surface area contributed by atoms with Crippen LogP contribution in [0.5, 0.6) is 0 Å². The molecule has 7 nitrogen and oxygen atoms in total. The van der Waals surface area contributed by atoms with E-state index in [9.17, 15) is 10.1 Å². The van der Waals surface area contributed by atoms with Crippen molar-refractivity contribution in [3.8, 4) is 6.07 Å². The second-order valence-electron chi connectivity index (χ2n) is 4.73. The zero-order chi connectivity index (χ0) is 14.0. The molecule has 1 N–H and O–H groups in total. The molecule has 1 saturated heterocycles. The van der Waals surface area contributed by atoms with Crippen molar-refractivity contribution in [2.75, 3.05) is 11.9 Å². The van der Waals surface area contributed by atoms with Crippen LogP contribution in [0, 0.1) is 21.4 Å². The van der Waals surface area contributed by atoms with E-state index >= 15 is 0 Å². The van der Waals surface area contributed by atoms with E-state index in [0.717, 1.165) is 6.42 Å². The number of hydrogen-bond donors (Lipinski definition) is 1. The monoisotopic (exact) mass is 262 g/mol. The lowest BCUT2D eigenvalue weighted by molar-refractivity contribution is -0.384. The molecule has 0 amide bonds. The Morgan fingerprint density at radius 1 is 1.74 bits per heavy atom. The van der Waals surface area contributed by atoms with Gasteiger partial charge >= 0.3 is 5.69 Å². The molecule has 2 heterocycles. The summed E-state index contributed by atoms with van der Waals surface area (Å²) < 4.78 is 5.47. The van der Waals surface area contributed by atoms with Gasteiger partial charge in [0.2, 0.25) is 5.82 Å². The summed E-state index contributed by atoms with van der Waals surface area (Å²) in [5.74, 6) is 0.115. The number of nitrogens with one attached hydrogen (secondary N) is 1. The predicted octanol–water partition coefficient (Wildman–Crippen LogP) is 1.84. The minimum atomic E-state index is -0.586. The number of nitrogens with zero attached hydrogens (tertiary/aromatic N) is 3. The Kier molecular flexibility index (Phi) is 3.36. The first-order valence-corrected chi connectivity index (χ1v) is 5.91. The summed E-state index contributed by atoms with van der Waals surface area (Å²) in [6.45, 7) is 4.42. The van der Waals surface area contributed by atoms with Crippen molar-refractivity contribution in [2.45, 2.75) is 31.9 Å². The van der Waals surface area contributed by atoms with Gasteiger partial charge in [0.15, 0.2) is 0 Å². The third-order valence-electron chi connectivity index (χ3n) is 3.52. The van der Waals surface area contributed by atoms with Gasteiger partial charge in [-0.2, -0.15) is 5.26 Å². The highest BCUT2D eigenvalue weighted by molar-refractivity contribution is 5.65. The normalized spacial score (nSPS) is 25.8. The molecule has 1 aliphatic heterocycles. The number of rotatable bonds is 3. The van der Waals surface area contributed by atoms with Gasteiger partial charge in [0, 0.05) is 12.8 Å². The van der Waals surface area contributed by atoms with Gasteiger partial charge < -0.3 is 10.1 Å². The molecule has 2 unspecified atom stereocenters. The minimum Gasteiger partial charge on any atom is -0.376 e. The minimum absolute atomic E-state index is 0.00216. The van der Waals surface area contributed by atoms with Crippen LogP contribution < -0.4 is 5.32 Å². The number of aromatic nitrogens is 1. The fourth-order valence-corrected chi connectivity index (χ4v) is 2.09. The molecule has 0 radical (unpaired) electrons. The summed E-state index contributed by atoms with van der Waals surface area (Å²) in [5.41, 5.74) is -0.714. The molecule has 2 atom stereocenters. The van der Waals surface area contributed by atoms with Gasteiger partial charge in [-0.3, -0.25) is 10.1 Å². The summed E-state index contributed by atoms with van der Waals surface area (Å²) in [5, 5.41) is 23.1. The lowest BCUT2D eigenvalue weighted by Gasteiger charge is -2.29. The fourth-order valence-electron chi connectivity index (χ4n) is 2.09. The van der Waals surface area contributed by atoms with Gasteiger partial charge in [0.25, 0.3) is 0 Å². The van der Waals surface area contributed by atoms with Crippen LogP contribution in [0.1, 0.15) is 25.8 Å². The maximum Gasteiger partial charge on any atom is 0.328 e. The summed E-state index contributed by atoms with van der Waals surface area (Å²) in [6.07, 6.45) is 2.03. The third-order valence-corrected chi connectivity index (χ3v) is 3.52. The molecule has 1 aliphatic rings. The molecule has 0 aliphatic carbocycles. The molecule has 2 rings (SSSR count). The van der Waals surface area contributed by atoms with Crippen LogP contribution in [0.2, 0.25) is 0 Å². The predicted molar refractivity (Wildman–Crippen MR) is 67.7 cm³/mol. The SMILES string of the molecule is CC1OCCC1(C)Nc1nccc(C#N)c1[N+](=O)[O-]. The molecule has 0 spiro atoms. The number of nitro groups is 1. The first-order chi connectivity index (χ1) is 8.98. The van der Waals surface area contributed by atoms with Crippen molar-refractivity contribution in [2.24, 2.45) is 0 Å². The van der Waals surface area contributed by atoms with Crippen LogP contribution in [-0.2, 0) is 4.74 Å². The second-order valence-corrected chi connectivity index (χ2v) is 4.73. The van der Waals surface area contributed by atoms with E-state index in [-0.39, 0.29) is 23.2 Å². The maximum atomic E-state index is 11.1. The van der Waals surface area contributed by atoms with E-state index in [1.54, 1.807) is 0 Å². The Hall–Kier alpha value is -2.20. The van der Waals surface area contributed by atoms with E-state index in [0.29, 0.717) is 6.61 Å². The van der Waals surface area contributed by atoms with Crippen molar-refractivity contribution in [1.82, 2.24) is 4.98 Å². The molecule has 0 aromatic carbocycles. The van der Waals surface area contributed by atoms with Crippen molar-refractivity contribution < 1.29 is 9.66 Å². The first-order valence-electron chi connectivity index (χ1n) is 5.91. The molecule has 19 heavy (non-hydrogen) atoms. The van der Waals surface area contributed by atoms with E-state index in [1.165, 1.54) is 12.3 Å². The van der Waals surface area contributed by atoms with E-state index in [1.807, 2.05) is 19.9 Å². The highest BCUT2D eigenvalue weighted by atomic mass is 16.6. The number of ether oxygens (including phenoxy) is 1. The quantitative estimate of drug-likeness (QED) is 0.658. The third kappa shape index (κ3) is 2.35. The van der Waals surface area contributed by atoms with Gasteiger partial charge in [-0.1, -0.05) is 0 Å². The fraction of sp³-hybridized carbons (Fsp3) is 0.500. The van der Waals surface area contributed by atoms with E-state index < -0.39 is 10.5 Å². The maximum absolute atomic E-state index is 11.1. The van der Waals surface area contributed by atoms with Crippen LogP contribution in [0.4, 0.5) is 11.5 Å². The molecular formula is C12H14N4O3. The standard InChI is InChI=1S/C12H14N4O3/c1-8-12(2,4-6-19-8)15-11-10(16(17)18)9(7-13)3-5-14-11/h3,5,8H,4,6H2,1-2H3,(H,14,15). The van der Waals surface area contributed by atoms with Crippen LogP contribution >= 0.6 is 0 Å². The van der Waals surface area contributed by atoms with Crippen molar-refractivity contribution in [3.05, 3.63) is 27.9 Å². The summed E-state index contributed by atoms with van der Waals surface area (Å²) >= 11 is 0. The lowest BCUT2D eigenvalue weighted by Crippen LogP contribution is -2.41. The summed E-state index contributed by atoms with van der Waals surface area (Å²) in [6, 6.07) is 3.15. The Morgan fingerprint density at radius 2 is 2.47 bits per heavy atom. The molecule has 1 fully saturated rings. The van der Waals surface area contributed by atoms with Crippen LogP contribution in [0.3, 0.4) is 0 Å². The average molecular weight is 262 g/mol. The van der Waals surface area contributed by atoms with Gasteiger partial charge in [0.05, 0.1) is 16.6 Å². The van der Waals surface area contributed by atoms with E-state index in [4.69, 9.17) is 10.00 Å². The Labute approximate surface area is 110 Å². The Bertz CT molecular complexity index is 554. The number of hydrogen-bond acceptors (Lipinski definition) is 6. The lowest BCUT2D eigenvalue weighted by atomic mass is 9.94. The van der Waals surface area contributed by atoms with Crippen LogP contribution in [-0.4, -0.2) is 28.2 Å². The molecule has 0 bridgehead atoms. The average Bonchev–Trinajstić information content (AvgIpc) is 2.68. The van der Waals surface area contributed by atoms with Gasteiger partial charge in [0.1, 0.15) is 11.6 Å². The Balaban J connectivity index is 2.41. The van der Waals surface area contributed by atoms with Gasteiger partial charge in [-0.25, -0.2) is 4.98 Å². The summed E-state index contributed by atoms with van der Waals surface area (Å²) in [4.78, 5) is 14.5. The zero-order valence-corrected chi connectivity index (χ0v) is 10.7. The van der Waals surface area contributed by atoms with Crippen molar-refractivity contribution >= 4 is 11.5 Å². The van der Waals surface area contributed by atoms with E-state index in [2.05, 4.69) is 10.3 Å². The highest BCUT2D eigenvalue weighted by Crippen LogP contribution is 2.33. The zero-order valence-electron chi connectivity index (χ0n) is 10.7. The first kappa shape index (κ1) is 13.2.